The van der Waals surface area contributed by atoms with Crippen molar-refractivity contribution in [2.45, 2.75) is 18.6 Å². The Morgan fingerprint density at radius 2 is 1.72 bits per heavy atom. The predicted octanol–water partition coefficient (Wildman–Crippen LogP) is 0.813. The van der Waals surface area contributed by atoms with Gasteiger partial charge in [-0.25, -0.2) is 0 Å². The summed E-state index contributed by atoms with van der Waals surface area (Å²) in [7, 11) is 2.14. The first-order valence-corrected chi connectivity index (χ1v) is 9.11. The number of pyridine rings is 1. The van der Waals surface area contributed by atoms with Gasteiger partial charge in [0.15, 0.2) is 5.79 Å². The third-order valence-electron chi connectivity index (χ3n) is 5.47. The summed E-state index contributed by atoms with van der Waals surface area (Å²) < 4.78 is 11.5. The second-order valence-corrected chi connectivity index (χ2v) is 7.12. The summed E-state index contributed by atoms with van der Waals surface area (Å²) in [5, 5.41) is 0. The van der Waals surface area contributed by atoms with Gasteiger partial charge in [-0.1, -0.05) is 0 Å². The van der Waals surface area contributed by atoms with Gasteiger partial charge in [0, 0.05) is 58.3 Å². The lowest BCUT2D eigenvalue weighted by Crippen LogP contribution is -2.47. The van der Waals surface area contributed by atoms with Gasteiger partial charge >= 0.3 is 0 Å². The van der Waals surface area contributed by atoms with Gasteiger partial charge in [-0.05, 0) is 13.1 Å². The van der Waals surface area contributed by atoms with Crippen LogP contribution in [0.1, 0.15) is 23.2 Å². The highest BCUT2D eigenvalue weighted by Gasteiger charge is 2.40. The number of amides is 1. The van der Waals surface area contributed by atoms with E-state index in [2.05, 4.69) is 21.8 Å². The van der Waals surface area contributed by atoms with Gasteiger partial charge in [0.2, 0.25) is 0 Å². The summed E-state index contributed by atoms with van der Waals surface area (Å²) in [6, 6.07) is 1.98. The van der Waals surface area contributed by atoms with Crippen LogP contribution < -0.4 is 4.90 Å². The minimum Gasteiger partial charge on any atom is -0.368 e. The topological polar surface area (TPSA) is 58.1 Å². The Morgan fingerprint density at radius 3 is 2.40 bits per heavy atom. The molecular formula is C18H26N4O3. The van der Waals surface area contributed by atoms with Crippen molar-refractivity contribution in [2.24, 2.45) is 0 Å². The van der Waals surface area contributed by atoms with Gasteiger partial charge in [0.05, 0.1) is 30.7 Å². The number of anilines is 1. The van der Waals surface area contributed by atoms with E-state index in [0.717, 1.165) is 44.7 Å². The lowest BCUT2D eigenvalue weighted by atomic mass is 10.0. The molecular weight excluding hydrogens is 320 g/mol. The van der Waals surface area contributed by atoms with Gasteiger partial charge < -0.3 is 24.2 Å². The Balaban J connectivity index is 1.41. The molecule has 1 aromatic heterocycles. The smallest absolute Gasteiger partial charge is 0.255 e. The van der Waals surface area contributed by atoms with Crippen LogP contribution in [-0.2, 0) is 9.47 Å². The number of piperazine rings is 1. The predicted molar refractivity (Wildman–Crippen MR) is 93.7 cm³/mol. The molecule has 3 fully saturated rings. The summed E-state index contributed by atoms with van der Waals surface area (Å²) >= 11 is 0. The zero-order chi connectivity index (χ0) is 17.3. The van der Waals surface area contributed by atoms with Crippen LogP contribution in [0.3, 0.4) is 0 Å². The Morgan fingerprint density at radius 1 is 1.04 bits per heavy atom. The molecule has 3 saturated heterocycles. The van der Waals surface area contributed by atoms with Crippen molar-refractivity contribution in [3.05, 3.63) is 24.0 Å². The fraction of sp³-hybridized carbons (Fsp3) is 0.667. The molecule has 4 rings (SSSR count). The number of carbonyl (C=O) groups is 1. The number of aromatic nitrogens is 1. The van der Waals surface area contributed by atoms with E-state index in [0.29, 0.717) is 31.9 Å². The number of ether oxygens (including phenoxy) is 2. The number of hydrogen-bond donors (Lipinski definition) is 0. The summed E-state index contributed by atoms with van der Waals surface area (Å²) in [6.45, 7) is 6.65. The largest absolute Gasteiger partial charge is 0.368 e. The van der Waals surface area contributed by atoms with Gasteiger partial charge in [0.1, 0.15) is 0 Å². The van der Waals surface area contributed by atoms with E-state index >= 15 is 0 Å². The van der Waals surface area contributed by atoms with Gasteiger partial charge in [-0.15, -0.1) is 0 Å². The van der Waals surface area contributed by atoms with Crippen LogP contribution in [0, 0.1) is 0 Å². The molecule has 7 nitrogen and oxygen atoms in total. The van der Waals surface area contributed by atoms with Gasteiger partial charge in [-0.3, -0.25) is 9.78 Å². The summed E-state index contributed by atoms with van der Waals surface area (Å²) in [5.74, 6) is -0.396. The van der Waals surface area contributed by atoms with Crippen molar-refractivity contribution in [2.75, 3.05) is 64.4 Å². The molecule has 3 aliphatic rings. The number of hydrogen-bond acceptors (Lipinski definition) is 6. The van der Waals surface area contributed by atoms with Crippen LogP contribution in [0.25, 0.3) is 0 Å². The molecule has 0 radical (unpaired) electrons. The molecule has 7 heteroatoms. The van der Waals surface area contributed by atoms with E-state index in [9.17, 15) is 4.79 Å². The van der Waals surface area contributed by atoms with Crippen molar-refractivity contribution in [1.29, 1.82) is 0 Å². The first-order chi connectivity index (χ1) is 12.2. The normalized spacial score (nSPS) is 24.0. The number of nitrogens with zero attached hydrogens (tertiary/aromatic N) is 4. The second-order valence-electron chi connectivity index (χ2n) is 7.12. The molecule has 1 spiro atoms. The maximum atomic E-state index is 12.9. The van der Waals surface area contributed by atoms with Crippen molar-refractivity contribution in [3.8, 4) is 0 Å². The molecule has 0 unspecified atom stereocenters. The first kappa shape index (κ1) is 16.8. The third-order valence-corrected chi connectivity index (χ3v) is 5.47. The molecule has 0 bridgehead atoms. The maximum Gasteiger partial charge on any atom is 0.255 e. The van der Waals surface area contributed by atoms with Crippen LogP contribution in [0.4, 0.5) is 5.69 Å². The fourth-order valence-electron chi connectivity index (χ4n) is 3.80. The minimum atomic E-state index is -0.448. The quantitative estimate of drug-likeness (QED) is 0.790. The molecule has 1 amide bonds. The highest BCUT2D eigenvalue weighted by molar-refractivity contribution is 5.94. The molecule has 0 aliphatic carbocycles. The van der Waals surface area contributed by atoms with Crippen LogP contribution in [0.2, 0.25) is 0 Å². The highest BCUT2D eigenvalue weighted by Crippen LogP contribution is 2.31. The maximum absolute atomic E-state index is 12.9. The molecule has 0 saturated carbocycles. The van der Waals surface area contributed by atoms with E-state index in [1.807, 2.05) is 17.2 Å². The van der Waals surface area contributed by atoms with Crippen LogP contribution in [0.15, 0.2) is 18.5 Å². The first-order valence-electron chi connectivity index (χ1n) is 9.11. The fourth-order valence-corrected chi connectivity index (χ4v) is 3.80. The number of carbonyl (C=O) groups excluding carboxylic acids is 1. The summed E-state index contributed by atoms with van der Waals surface area (Å²) in [6.07, 6.45) is 5.01. The molecule has 0 atom stereocenters. The monoisotopic (exact) mass is 346 g/mol. The molecule has 3 aliphatic heterocycles. The van der Waals surface area contributed by atoms with E-state index in [1.54, 1.807) is 6.20 Å². The molecule has 0 N–H and O–H groups in total. The Hall–Kier alpha value is -1.70. The third kappa shape index (κ3) is 3.49. The number of likely N-dealkylation sites (N-methyl/N-ethyl adjacent to an activating group) is 1. The van der Waals surface area contributed by atoms with Gasteiger partial charge in [0.25, 0.3) is 5.91 Å². The zero-order valence-electron chi connectivity index (χ0n) is 14.8. The summed E-state index contributed by atoms with van der Waals surface area (Å²) in [5.41, 5.74) is 1.70. The summed E-state index contributed by atoms with van der Waals surface area (Å²) in [4.78, 5) is 23.7. The van der Waals surface area contributed by atoms with E-state index in [1.165, 1.54) is 0 Å². The van der Waals surface area contributed by atoms with Crippen LogP contribution in [-0.4, -0.2) is 86.0 Å². The highest BCUT2D eigenvalue weighted by atomic mass is 16.7. The lowest BCUT2D eigenvalue weighted by molar-refractivity contribution is -0.181. The van der Waals surface area contributed by atoms with Crippen molar-refractivity contribution in [3.63, 3.8) is 0 Å². The van der Waals surface area contributed by atoms with Crippen molar-refractivity contribution in [1.82, 2.24) is 14.8 Å². The molecule has 25 heavy (non-hydrogen) atoms. The standard InChI is InChI=1S/C18H26N4O3/c1-20-6-8-21(9-7-20)16-12-15(13-19-14-16)17(23)22-4-2-18(3-5-22)24-10-11-25-18/h12-14H,2-11H2,1H3. The number of piperidine rings is 1. The van der Waals surface area contributed by atoms with Crippen LogP contribution in [0.5, 0.6) is 0 Å². The minimum absolute atomic E-state index is 0.0522. The van der Waals surface area contributed by atoms with E-state index < -0.39 is 5.79 Å². The lowest BCUT2D eigenvalue weighted by Gasteiger charge is -2.37. The van der Waals surface area contributed by atoms with Gasteiger partial charge in [-0.2, -0.15) is 0 Å². The second kappa shape index (κ2) is 6.90. The van der Waals surface area contributed by atoms with Crippen molar-refractivity contribution < 1.29 is 14.3 Å². The number of rotatable bonds is 2. The van der Waals surface area contributed by atoms with Crippen LogP contribution >= 0.6 is 0 Å². The van der Waals surface area contributed by atoms with Crippen molar-refractivity contribution >= 4 is 11.6 Å². The van der Waals surface area contributed by atoms with E-state index in [4.69, 9.17) is 9.47 Å². The zero-order valence-corrected chi connectivity index (χ0v) is 14.8. The van der Waals surface area contributed by atoms with E-state index in [-0.39, 0.29) is 5.91 Å². The Labute approximate surface area is 148 Å². The Bertz CT molecular complexity index is 615. The molecule has 0 aromatic carbocycles. The SMILES string of the molecule is CN1CCN(c2cncc(C(=O)N3CCC4(CC3)OCCO4)c2)CC1. The molecule has 136 valence electrons. The Kier molecular flexibility index (Phi) is 4.62. The molecule has 1 aromatic rings. The molecule has 4 heterocycles. The number of likely N-dealkylation sites (tertiary alicyclic amines) is 1. The average molecular weight is 346 g/mol. The average Bonchev–Trinajstić information content (AvgIpc) is 3.10.